The summed E-state index contributed by atoms with van der Waals surface area (Å²) in [5, 5.41) is 2.82. The number of imide groups is 1. The van der Waals surface area contributed by atoms with Gasteiger partial charge in [-0.05, 0) is 0 Å². The molecule has 1 heterocycles. The molecular weight excluding hydrogens is 553 g/mol. The monoisotopic (exact) mass is 585 g/mol. The van der Waals surface area contributed by atoms with Gasteiger partial charge in [-0.1, -0.05) is 0 Å². The van der Waals surface area contributed by atoms with Crippen LogP contribution in [0, 0.1) is 0 Å². The summed E-state index contributed by atoms with van der Waals surface area (Å²) in [7, 11) is 0. The van der Waals surface area contributed by atoms with Crippen molar-refractivity contribution in [1.82, 2.24) is 4.90 Å². The van der Waals surface area contributed by atoms with Crippen molar-refractivity contribution in [3.8, 4) is 0 Å². The number of carbonyl (C=O) groups excluding carboxylic acids is 3. The van der Waals surface area contributed by atoms with E-state index in [9.17, 15) is 14.4 Å². The Morgan fingerprint density at radius 1 is 0.535 bits per heavy atom. The molecule has 0 spiro atoms. The van der Waals surface area contributed by atoms with Gasteiger partial charge in [0, 0.05) is 0 Å². The summed E-state index contributed by atoms with van der Waals surface area (Å²) in [6.45, 7) is -3.68. The molecule has 0 fully saturated rings. The summed E-state index contributed by atoms with van der Waals surface area (Å²) in [5.74, 6) is -0.916. The van der Waals surface area contributed by atoms with Crippen molar-refractivity contribution in [1.29, 1.82) is 0 Å². The standard InChI is InChI=1S/C37H32NO4P/c39-35-33-25-13-14-26-34(33)36(40)38(35)27-15-16-28-43(30-19-7-2-8-20-30,31-21-9-3-10-22-31,32-23-11-4-12-24-32)42-37(41)29-17-5-1-6-18-29/h1-14,17-26H,15-16,27-28H2. The topological polar surface area (TPSA) is 63.7 Å². The molecule has 0 unspecified atom stereocenters. The summed E-state index contributed by atoms with van der Waals surface area (Å²) < 4.78 is 7.08. The first-order valence-electron chi connectivity index (χ1n) is 14.5. The van der Waals surface area contributed by atoms with Crippen LogP contribution in [0.1, 0.15) is 43.9 Å². The molecule has 0 saturated heterocycles. The molecule has 0 aliphatic carbocycles. The fourth-order valence-electron chi connectivity index (χ4n) is 6.20. The van der Waals surface area contributed by atoms with Crippen molar-refractivity contribution in [2.75, 3.05) is 12.7 Å². The number of benzene rings is 5. The fraction of sp³-hybridized carbons (Fsp3) is 0.108. The van der Waals surface area contributed by atoms with Gasteiger partial charge in [-0.2, -0.15) is 0 Å². The van der Waals surface area contributed by atoms with Gasteiger partial charge in [0.15, 0.2) is 0 Å². The Kier molecular flexibility index (Phi) is 7.75. The van der Waals surface area contributed by atoms with Gasteiger partial charge in [0.25, 0.3) is 0 Å². The molecule has 0 bridgehead atoms. The molecule has 6 rings (SSSR count). The van der Waals surface area contributed by atoms with Gasteiger partial charge in [-0.25, -0.2) is 0 Å². The van der Waals surface area contributed by atoms with Crippen molar-refractivity contribution in [2.24, 2.45) is 0 Å². The van der Waals surface area contributed by atoms with Crippen molar-refractivity contribution in [2.45, 2.75) is 12.8 Å². The molecule has 1 aliphatic rings. The molecule has 0 aromatic heterocycles. The van der Waals surface area contributed by atoms with E-state index >= 15 is 0 Å². The van der Waals surface area contributed by atoms with Crippen LogP contribution in [0.3, 0.4) is 0 Å². The van der Waals surface area contributed by atoms with Gasteiger partial charge in [-0.3, -0.25) is 0 Å². The summed E-state index contributed by atoms with van der Waals surface area (Å²) in [5.41, 5.74) is 1.37. The van der Waals surface area contributed by atoms with E-state index in [1.165, 1.54) is 4.90 Å². The first kappa shape index (κ1) is 28.3. The molecule has 0 saturated carbocycles. The SMILES string of the molecule is O=C(OP(CCCCN1C(=O)c2ccccc2C1=O)(c1ccccc1)(c1ccccc1)c1ccccc1)c1ccccc1. The first-order valence-corrected chi connectivity index (χ1v) is 16.8. The zero-order valence-electron chi connectivity index (χ0n) is 23.7. The average molecular weight is 586 g/mol. The number of rotatable bonds is 10. The molecule has 0 N–H and O–H groups in total. The quantitative estimate of drug-likeness (QED) is 0.109. The molecular formula is C37H32NO4P. The third-order valence-electron chi connectivity index (χ3n) is 8.30. The zero-order chi connectivity index (χ0) is 29.7. The van der Waals surface area contributed by atoms with Crippen LogP contribution in [-0.4, -0.2) is 35.4 Å². The van der Waals surface area contributed by atoms with Gasteiger partial charge in [-0.15, -0.1) is 0 Å². The molecule has 0 radical (unpaired) electrons. The van der Waals surface area contributed by atoms with Crippen molar-refractivity contribution in [3.63, 3.8) is 0 Å². The zero-order valence-corrected chi connectivity index (χ0v) is 24.6. The van der Waals surface area contributed by atoms with Crippen LogP contribution < -0.4 is 15.9 Å². The Hall–Kier alpha value is -4.86. The number of unbranched alkanes of at least 4 members (excludes halogenated alkanes) is 1. The van der Waals surface area contributed by atoms with E-state index in [4.69, 9.17) is 4.52 Å². The summed E-state index contributed by atoms with van der Waals surface area (Å²) >= 11 is 0. The molecule has 2 amide bonds. The first-order chi connectivity index (χ1) is 21.0. The number of amides is 2. The third-order valence-corrected chi connectivity index (χ3v) is 14.2. The van der Waals surface area contributed by atoms with E-state index in [1.54, 1.807) is 36.4 Å². The van der Waals surface area contributed by atoms with Crippen LogP contribution in [0.25, 0.3) is 0 Å². The number of carbonyl (C=O) groups is 3. The van der Waals surface area contributed by atoms with Gasteiger partial charge >= 0.3 is 252 Å². The van der Waals surface area contributed by atoms with Crippen molar-refractivity contribution >= 4 is 40.5 Å². The van der Waals surface area contributed by atoms with E-state index in [0.717, 1.165) is 15.9 Å². The Labute approximate surface area is 251 Å². The number of nitrogens with zero attached hydrogens (tertiary/aromatic N) is 1. The molecule has 214 valence electrons. The van der Waals surface area contributed by atoms with Crippen LogP contribution in [-0.2, 0) is 4.52 Å². The maximum absolute atomic E-state index is 14.2. The van der Waals surface area contributed by atoms with Crippen LogP contribution in [0.5, 0.6) is 0 Å². The van der Waals surface area contributed by atoms with Crippen molar-refractivity contribution in [3.05, 3.63) is 162 Å². The van der Waals surface area contributed by atoms with E-state index in [2.05, 4.69) is 36.4 Å². The Morgan fingerprint density at radius 2 is 0.930 bits per heavy atom. The second-order valence-corrected chi connectivity index (χ2v) is 15.3. The Morgan fingerprint density at radius 3 is 1.37 bits per heavy atom. The normalized spacial score (nSPS) is 13.7. The second kappa shape index (κ2) is 11.8. The molecule has 0 atom stereocenters. The summed E-state index contributed by atoms with van der Waals surface area (Å²) in [6.07, 6.45) is 1.66. The van der Waals surface area contributed by atoms with Crippen LogP contribution in [0.4, 0.5) is 0 Å². The van der Waals surface area contributed by atoms with E-state index < -0.39 is 12.8 Å². The van der Waals surface area contributed by atoms with E-state index in [1.807, 2.05) is 72.8 Å². The Balaban J connectivity index is 1.45. The predicted octanol–water partition coefficient (Wildman–Crippen LogP) is 6.36. The number of hydrogen-bond donors (Lipinski definition) is 0. The minimum absolute atomic E-state index is 0.261. The van der Waals surface area contributed by atoms with Gasteiger partial charge in [0.2, 0.25) is 0 Å². The van der Waals surface area contributed by atoms with Gasteiger partial charge < -0.3 is 0 Å². The molecule has 6 heteroatoms. The Bertz CT molecular complexity index is 1620. The third kappa shape index (κ3) is 4.86. The average Bonchev–Trinajstić information content (AvgIpc) is 3.32. The van der Waals surface area contributed by atoms with Gasteiger partial charge in [0.05, 0.1) is 0 Å². The molecule has 1 aliphatic heterocycles. The molecule has 43 heavy (non-hydrogen) atoms. The summed E-state index contributed by atoms with van der Waals surface area (Å²) in [6, 6.07) is 46.2. The molecule has 5 aromatic carbocycles. The second-order valence-electron chi connectivity index (χ2n) is 10.7. The molecule has 5 nitrogen and oxygen atoms in total. The van der Waals surface area contributed by atoms with E-state index in [0.29, 0.717) is 35.7 Å². The molecule has 5 aromatic rings. The van der Waals surface area contributed by atoms with Crippen LogP contribution in [0.15, 0.2) is 146 Å². The van der Waals surface area contributed by atoms with Crippen LogP contribution >= 0.6 is 6.83 Å². The maximum atomic E-state index is 14.2. The number of hydrogen-bond acceptors (Lipinski definition) is 4. The summed E-state index contributed by atoms with van der Waals surface area (Å²) in [4.78, 5) is 41.6. The van der Waals surface area contributed by atoms with E-state index in [-0.39, 0.29) is 18.4 Å². The number of fused-ring (bicyclic) bond motifs is 1. The van der Waals surface area contributed by atoms with Crippen molar-refractivity contribution < 1.29 is 18.9 Å². The predicted molar refractivity (Wildman–Crippen MR) is 173 cm³/mol. The van der Waals surface area contributed by atoms with Crippen LogP contribution in [0.2, 0.25) is 0 Å². The minimum atomic E-state index is -3.96. The van der Waals surface area contributed by atoms with Gasteiger partial charge in [0.1, 0.15) is 0 Å². The fourth-order valence-corrected chi connectivity index (χ4v) is 12.0.